The van der Waals surface area contributed by atoms with Gasteiger partial charge in [-0.1, -0.05) is 11.8 Å². The first-order chi connectivity index (χ1) is 15.3. The highest BCUT2D eigenvalue weighted by atomic mass is 32.2. The van der Waals surface area contributed by atoms with Crippen LogP contribution in [0.3, 0.4) is 0 Å². The third kappa shape index (κ3) is 4.12. The second-order valence-corrected chi connectivity index (χ2v) is 9.67. The van der Waals surface area contributed by atoms with Gasteiger partial charge < -0.3 is 20.3 Å². The molecule has 3 atom stereocenters. The van der Waals surface area contributed by atoms with Crippen molar-refractivity contribution in [1.29, 1.82) is 0 Å². The molecular weight excluding hydrogens is 460 g/mol. The van der Waals surface area contributed by atoms with Crippen molar-refractivity contribution >= 4 is 38.9 Å². The Kier molecular flexibility index (Phi) is 5.43. The summed E-state index contributed by atoms with van der Waals surface area (Å²) in [7, 11) is -4.16. The van der Waals surface area contributed by atoms with Gasteiger partial charge >= 0.3 is 10.3 Å². The summed E-state index contributed by atoms with van der Waals surface area (Å²) in [5, 5.41) is 21.0. The van der Waals surface area contributed by atoms with E-state index in [9.17, 15) is 13.5 Å². The van der Waals surface area contributed by atoms with Crippen molar-refractivity contribution < 1.29 is 27.2 Å². The molecule has 5 N–H and O–H groups in total. The van der Waals surface area contributed by atoms with Gasteiger partial charge in [-0.2, -0.15) is 13.5 Å². The van der Waals surface area contributed by atoms with E-state index in [4.69, 9.17) is 20.3 Å². The van der Waals surface area contributed by atoms with Crippen molar-refractivity contribution in [2.45, 2.75) is 41.2 Å². The molecule has 4 heterocycles. The molecule has 5 rings (SSSR count). The Bertz CT molecular complexity index is 1280. The van der Waals surface area contributed by atoms with E-state index in [1.54, 1.807) is 0 Å². The number of benzene rings is 1. The second-order valence-electron chi connectivity index (χ2n) is 7.39. The number of rotatable bonds is 6. The minimum absolute atomic E-state index is 0.152. The fraction of sp³-hybridized carbons (Fsp3) is 0.389. The molecule has 0 saturated carbocycles. The molecule has 1 aromatic carbocycles. The maximum atomic E-state index is 11.1. The summed E-state index contributed by atoms with van der Waals surface area (Å²) in [5.41, 5.74) is 7.70. The molecule has 170 valence electrons. The number of aliphatic hydroxyl groups excluding tert-OH is 1. The molecular formula is C18H20N6O6S2. The van der Waals surface area contributed by atoms with Crippen molar-refractivity contribution in [2.75, 3.05) is 18.9 Å². The fourth-order valence-electron chi connectivity index (χ4n) is 3.75. The van der Waals surface area contributed by atoms with Crippen molar-refractivity contribution in [3.63, 3.8) is 0 Å². The largest absolute Gasteiger partial charge is 0.493 e. The van der Waals surface area contributed by atoms with Crippen molar-refractivity contribution in [3.05, 3.63) is 30.1 Å². The van der Waals surface area contributed by atoms with E-state index in [-0.39, 0.29) is 12.2 Å². The minimum Gasteiger partial charge on any atom is -0.493 e. The van der Waals surface area contributed by atoms with Crippen LogP contribution < -0.4 is 15.6 Å². The number of ether oxygens (including phenoxy) is 2. The van der Waals surface area contributed by atoms with Gasteiger partial charge in [-0.25, -0.2) is 19.8 Å². The molecule has 0 aliphatic carbocycles. The molecule has 2 aromatic heterocycles. The Balaban J connectivity index is 1.45. The van der Waals surface area contributed by atoms with E-state index in [0.717, 1.165) is 22.6 Å². The van der Waals surface area contributed by atoms with Gasteiger partial charge in [-0.15, -0.1) is 0 Å². The minimum atomic E-state index is -4.16. The summed E-state index contributed by atoms with van der Waals surface area (Å²) in [6.07, 6.45) is -0.264. The van der Waals surface area contributed by atoms with E-state index >= 15 is 0 Å². The molecule has 3 aromatic rings. The predicted octanol–water partition coefficient (Wildman–Crippen LogP) is 0.363. The molecule has 0 unspecified atom stereocenters. The first-order valence-corrected chi connectivity index (χ1v) is 12.0. The summed E-state index contributed by atoms with van der Waals surface area (Å²) in [5.74, 6) is 1.15. The van der Waals surface area contributed by atoms with Crippen molar-refractivity contribution in [1.82, 2.24) is 19.7 Å². The molecule has 2 aliphatic heterocycles. The Hall–Kier alpha value is -2.49. The lowest BCUT2D eigenvalue weighted by Crippen LogP contribution is -2.30. The summed E-state index contributed by atoms with van der Waals surface area (Å²) in [4.78, 5) is 9.35. The predicted molar refractivity (Wildman–Crippen MR) is 113 cm³/mol. The molecule has 0 spiro atoms. The third-order valence-electron chi connectivity index (χ3n) is 5.23. The zero-order valence-corrected chi connectivity index (χ0v) is 18.3. The van der Waals surface area contributed by atoms with E-state index in [1.807, 2.05) is 18.2 Å². The lowest BCUT2D eigenvalue weighted by atomic mass is 10.2. The summed E-state index contributed by atoms with van der Waals surface area (Å²) in [6.45, 7) is 0.255. The molecule has 0 amide bonds. The number of hydrogen-bond acceptors (Lipinski definition) is 11. The number of anilines is 1. The molecule has 1 saturated heterocycles. The van der Waals surface area contributed by atoms with Gasteiger partial charge in [0.2, 0.25) is 0 Å². The normalized spacial score (nSPS) is 22.9. The molecule has 2 aliphatic rings. The second kappa shape index (κ2) is 8.13. The highest BCUT2D eigenvalue weighted by molar-refractivity contribution is 7.99. The number of nitrogen functional groups attached to an aromatic ring is 1. The summed E-state index contributed by atoms with van der Waals surface area (Å²) < 4.78 is 39.6. The lowest BCUT2D eigenvalue weighted by Gasteiger charge is -2.14. The van der Waals surface area contributed by atoms with Crippen LogP contribution in [0.4, 0.5) is 5.82 Å². The van der Waals surface area contributed by atoms with Gasteiger partial charge in [0, 0.05) is 17.7 Å². The summed E-state index contributed by atoms with van der Waals surface area (Å²) >= 11 is 1.41. The van der Waals surface area contributed by atoms with Gasteiger partial charge in [0.05, 0.1) is 24.7 Å². The fourth-order valence-corrected chi connectivity index (χ4v) is 5.06. The highest BCUT2D eigenvalue weighted by Gasteiger charge is 2.38. The number of aliphatic hydroxyl groups is 1. The van der Waals surface area contributed by atoms with Gasteiger partial charge in [0.15, 0.2) is 11.9 Å². The molecule has 1 fully saturated rings. The topological polar surface area (TPSA) is 178 Å². The SMILES string of the molecule is Nc1ncnc2c1c(Sc1ccc3c(c1)CCO3)nn2[C@H]1C[C@H](O)[C@@H](COS(N)(=O)=O)O1. The van der Waals surface area contributed by atoms with E-state index in [1.165, 1.54) is 22.8 Å². The standard InChI is InChI=1S/C18H20N6O6S2/c19-16-15-17(22-8-21-16)24(14-6-11(25)13(30-14)7-29-32(20,26)27)23-18(15)31-10-1-2-12-9(5-10)3-4-28-12/h1-2,5,8,11,13-14,25H,3-4,6-7H2,(H2,19,21,22)(H2,20,26,27)/t11-,13+,14+/m0/s1. The molecule has 12 nitrogen and oxygen atoms in total. The maximum absolute atomic E-state index is 11.1. The molecule has 14 heteroatoms. The molecule has 0 bridgehead atoms. The Morgan fingerprint density at radius 3 is 3.00 bits per heavy atom. The van der Waals surface area contributed by atoms with Gasteiger partial charge in [0.25, 0.3) is 0 Å². The number of aromatic nitrogens is 4. The molecule has 32 heavy (non-hydrogen) atoms. The lowest BCUT2D eigenvalue weighted by molar-refractivity contribution is -0.0415. The third-order valence-corrected chi connectivity index (χ3v) is 6.67. The van der Waals surface area contributed by atoms with Crippen LogP contribution in [-0.2, 0) is 25.6 Å². The average molecular weight is 481 g/mol. The van der Waals surface area contributed by atoms with Crippen LogP contribution in [0.15, 0.2) is 34.4 Å². The Morgan fingerprint density at radius 2 is 2.19 bits per heavy atom. The van der Waals surface area contributed by atoms with E-state index in [0.29, 0.717) is 22.7 Å². The van der Waals surface area contributed by atoms with Gasteiger partial charge in [-0.3, -0.25) is 4.18 Å². The van der Waals surface area contributed by atoms with E-state index < -0.39 is 35.3 Å². The van der Waals surface area contributed by atoms with Crippen LogP contribution in [0.1, 0.15) is 18.2 Å². The Morgan fingerprint density at radius 1 is 1.34 bits per heavy atom. The van der Waals surface area contributed by atoms with Crippen LogP contribution in [0, 0.1) is 0 Å². The van der Waals surface area contributed by atoms with Crippen molar-refractivity contribution in [3.8, 4) is 5.75 Å². The Labute approximate surface area is 187 Å². The number of hydrogen-bond donors (Lipinski definition) is 3. The zero-order valence-electron chi connectivity index (χ0n) is 16.6. The maximum Gasteiger partial charge on any atom is 0.333 e. The quantitative estimate of drug-likeness (QED) is 0.444. The first-order valence-electron chi connectivity index (χ1n) is 9.71. The van der Waals surface area contributed by atoms with Crippen LogP contribution in [0.2, 0.25) is 0 Å². The van der Waals surface area contributed by atoms with Gasteiger partial charge in [-0.05, 0) is 23.8 Å². The number of nitrogens with zero attached hydrogens (tertiary/aromatic N) is 4. The molecule has 0 radical (unpaired) electrons. The average Bonchev–Trinajstić information content (AvgIpc) is 3.43. The summed E-state index contributed by atoms with van der Waals surface area (Å²) in [6, 6.07) is 5.92. The highest BCUT2D eigenvalue weighted by Crippen LogP contribution is 2.39. The van der Waals surface area contributed by atoms with Crippen LogP contribution in [0.5, 0.6) is 5.75 Å². The van der Waals surface area contributed by atoms with Crippen LogP contribution in [-0.4, -0.2) is 58.7 Å². The van der Waals surface area contributed by atoms with E-state index in [2.05, 4.69) is 19.2 Å². The first kappa shape index (κ1) is 21.4. The van der Waals surface area contributed by atoms with Crippen LogP contribution in [0.25, 0.3) is 11.0 Å². The number of nitrogens with two attached hydrogens (primary N) is 2. The van der Waals surface area contributed by atoms with Crippen molar-refractivity contribution in [2.24, 2.45) is 5.14 Å². The number of fused-ring (bicyclic) bond motifs is 2. The monoisotopic (exact) mass is 480 g/mol. The van der Waals surface area contributed by atoms with Crippen LogP contribution >= 0.6 is 11.8 Å². The van der Waals surface area contributed by atoms with Gasteiger partial charge in [0.1, 0.15) is 29.0 Å². The zero-order chi connectivity index (χ0) is 22.5. The smallest absolute Gasteiger partial charge is 0.333 e.